The molecule has 0 unspecified atom stereocenters. The molecule has 0 amide bonds. The lowest BCUT2D eigenvalue weighted by Gasteiger charge is -2.01. The van der Waals surface area contributed by atoms with E-state index >= 15 is 0 Å². The molecule has 14 heavy (non-hydrogen) atoms. The summed E-state index contributed by atoms with van der Waals surface area (Å²) in [5, 5.41) is 0. The Morgan fingerprint density at radius 1 is 0.786 bits per heavy atom. The summed E-state index contributed by atoms with van der Waals surface area (Å²) in [6.07, 6.45) is 0.396. The van der Waals surface area contributed by atoms with Gasteiger partial charge in [0.2, 0.25) is 0 Å². The largest absolute Gasteiger partial charge is 0.431 e. The van der Waals surface area contributed by atoms with E-state index in [-0.39, 0.29) is 0 Å². The maximum absolute atomic E-state index is 10.5. The average molecular weight is 270 g/mol. The van der Waals surface area contributed by atoms with Crippen LogP contribution in [0.15, 0.2) is 0 Å². The van der Waals surface area contributed by atoms with Gasteiger partial charge >= 0.3 is 20.8 Å². The van der Waals surface area contributed by atoms with E-state index in [9.17, 15) is 25.3 Å². The van der Waals surface area contributed by atoms with E-state index < -0.39 is 30.9 Å². The first kappa shape index (κ1) is 13.7. The van der Waals surface area contributed by atoms with Gasteiger partial charge in [-0.1, -0.05) is 3.63 Å². The molecule has 0 heterocycles. The van der Waals surface area contributed by atoms with Crippen LogP contribution >= 0.6 is 0 Å². The van der Waals surface area contributed by atoms with E-state index in [4.69, 9.17) is 0 Å². The number of rotatable bonds is 5. The van der Waals surface area contributed by atoms with Gasteiger partial charge in [-0.2, -0.15) is 25.3 Å². The Morgan fingerprint density at radius 2 is 1.21 bits per heavy atom. The molecular formula is C2H6O9S3. The average Bonchev–Trinajstić information content (AvgIpc) is 1.78. The molecule has 0 aromatic carbocycles. The minimum absolute atomic E-state index is 0.396. The van der Waals surface area contributed by atoms with Crippen molar-refractivity contribution in [1.29, 1.82) is 0 Å². The standard InChI is InChI=1S/C2H6O9S3/c1-9-13(5,6)11-14(7,8)10-12(2,3)4/h1-2H3. The Hall–Kier alpha value is -0.270. The van der Waals surface area contributed by atoms with Crippen LogP contribution in [0.1, 0.15) is 0 Å². The van der Waals surface area contributed by atoms with Crippen LogP contribution in [0.4, 0.5) is 0 Å². The van der Waals surface area contributed by atoms with E-state index in [2.05, 4.69) is 11.4 Å². The van der Waals surface area contributed by atoms with Crippen molar-refractivity contribution in [3.8, 4) is 0 Å². The molecule has 0 rings (SSSR count). The van der Waals surface area contributed by atoms with Crippen LogP contribution in [0.2, 0.25) is 0 Å². The zero-order chi connectivity index (χ0) is 11.6. The van der Waals surface area contributed by atoms with Gasteiger partial charge in [0.15, 0.2) is 0 Å². The summed E-state index contributed by atoms with van der Waals surface area (Å²) in [5.41, 5.74) is 0. The Kier molecular flexibility index (Phi) is 4.00. The third-order valence-corrected chi connectivity index (χ3v) is 3.97. The molecule has 0 aliphatic heterocycles. The summed E-state index contributed by atoms with van der Waals surface area (Å²) in [4.78, 5) is 0. The van der Waals surface area contributed by atoms with Crippen LogP contribution in [-0.4, -0.2) is 38.6 Å². The summed E-state index contributed by atoms with van der Waals surface area (Å²) in [7, 11) is -13.8. The minimum Gasteiger partial charge on any atom is -0.251 e. The fourth-order valence-electron chi connectivity index (χ4n) is 0.293. The Bertz CT molecular complexity index is 476. The van der Waals surface area contributed by atoms with Crippen LogP contribution in [0.3, 0.4) is 0 Å². The summed E-state index contributed by atoms with van der Waals surface area (Å²) >= 11 is 0. The molecule has 0 fully saturated rings. The molecule has 0 saturated heterocycles. The molecule has 9 nitrogen and oxygen atoms in total. The minimum atomic E-state index is -5.21. The first-order chi connectivity index (χ1) is 5.97. The molecular weight excluding hydrogens is 264 g/mol. The maximum Gasteiger partial charge on any atom is 0.431 e. The van der Waals surface area contributed by atoms with E-state index in [0.717, 1.165) is 0 Å². The molecule has 0 spiro atoms. The first-order valence-corrected chi connectivity index (χ1v) is 7.13. The molecule has 86 valence electrons. The molecule has 0 radical (unpaired) electrons. The quantitative estimate of drug-likeness (QED) is 0.562. The lowest BCUT2D eigenvalue weighted by atomic mass is 11.8. The predicted octanol–water partition coefficient (Wildman–Crippen LogP) is -1.88. The highest BCUT2D eigenvalue weighted by Crippen LogP contribution is 2.06. The van der Waals surface area contributed by atoms with Gasteiger partial charge in [-0.25, -0.2) is 0 Å². The van der Waals surface area contributed by atoms with E-state index in [1.54, 1.807) is 0 Å². The Labute approximate surface area is 81.4 Å². The topological polar surface area (TPSA) is 130 Å². The molecule has 0 aliphatic carbocycles. The van der Waals surface area contributed by atoms with Crippen molar-refractivity contribution in [2.45, 2.75) is 0 Å². The molecule has 0 saturated carbocycles. The number of hydrogen-bond donors (Lipinski definition) is 0. The summed E-state index contributed by atoms with van der Waals surface area (Å²) in [6, 6.07) is 0. The van der Waals surface area contributed by atoms with Gasteiger partial charge in [0, 0.05) is 0 Å². The van der Waals surface area contributed by atoms with Crippen molar-refractivity contribution in [3.63, 3.8) is 0 Å². The highest BCUT2D eigenvalue weighted by atomic mass is 32.3. The summed E-state index contributed by atoms with van der Waals surface area (Å²) < 4.78 is 72.7. The van der Waals surface area contributed by atoms with E-state index in [1.165, 1.54) is 0 Å². The lowest BCUT2D eigenvalue weighted by molar-refractivity contribution is 0.313. The Morgan fingerprint density at radius 3 is 1.50 bits per heavy atom. The molecule has 12 heteroatoms. The Balaban J connectivity index is 4.88. The molecule has 0 aromatic heterocycles. The van der Waals surface area contributed by atoms with Crippen molar-refractivity contribution >= 4 is 30.9 Å². The number of hydrogen-bond acceptors (Lipinski definition) is 9. The zero-order valence-corrected chi connectivity index (χ0v) is 9.35. The van der Waals surface area contributed by atoms with Gasteiger partial charge in [0.1, 0.15) is 0 Å². The fraction of sp³-hybridized carbons (Fsp3) is 1.00. The monoisotopic (exact) mass is 270 g/mol. The lowest BCUT2D eigenvalue weighted by Crippen LogP contribution is -2.19. The third kappa shape index (κ3) is 6.22. The summed E-state index contributed by atoms with van der Waals surface area (Å²) in [5.74, 6) is 0. The van der Waals surface area contributed by atoms with Crippen LogP contribution in [0.25, 0.3) is 0 Å². The molecule has 0 aromatic rings. The van der Waals surface area contributed by atoms with Gasteiger partial charge in [-0.15, -0.1) is 3.63 Å². The second-order valence-electron chi connectivity index (χ2n) is 1.82. The SMILES string of the molecule is COS(=O)(=O)OS(=O)(=O)OS(C)(=O)=O. The van der Waals surface area contributed by atoms with Crippen molar-refractivity contribution in [3.05, 3.63) is 0 Å². The second kappa shape index (κ2) is 4.08. The van der Waals surface area contributed by atoms with E-state index in [1.807, 2.05) is 0 Å². The van der Waals surface area contributed by atoms with Crippen LogP contribution in [-0.2, 0) is 42.4 Å². The van der Waals surface area contributed by atoms with Gasteiger partial charge in [-0.05, 0) is 0 Å². The molecule has 0 atom stereocenters. The van der Waals surface area contributed by atoms with Crippen molar-refractivity contribution in [1.82, 2.24) is 0 Å². The smallest absolute Gasteiger partial charge is 0.251 e. The molecule has 0 bridgehead atoms. The van der Waals surface area contributed by atoms with Crippen LogP contribution in [0, 0.1) is 0 Å². The summed E-state index contributed by atoms with van der Waals surface area (Å²) in [6.45, 7) is 0. The van der Waals surface area contributed by atoms with Crippen molar-refractivity contribution < 1.29 is 36.7 Å². The van der Waals surface area contributed by atoms with Crippen molar-refractivity contribution in [2.24, 2.45) is 0 Å². The third-order valence-electron chi connectivity index (χ3n) is 0.578. The fourth-order valence-corrected chi connectivity index (χ4v) is 2.84. The highest BCUT2D eigenvalue weighted by molar-refractivity contribution is 8.01. The van der Waals surface area contributed by atoms with Gasteiger partial charge in [0.25, 0.3) is 10.1 Å². The molecule has 0 N–H and O–H groups in total. The van der Waals surface area contributed by atoms with Crippen molar-refractivity contribution in [2.75, 3.05) is 13.4 Å². The van der Waals surface area contributed by atoms with E-state index in [0.29, 0.717) is 13.4 Å². The van der Waals surface area contributed by atoms with Gasteiger partial charge < -0.3 is 0 Å². The van der Waals surface area contributed by atoms with Gasteiger partial charge in [0.05, 0.1) is 13.4 Å². The zero-order valence-electron chi connectivity index (χ0n) is 6.90. The second-order valence-corrected chi connectivity index (χ2v) is 6.29. The molecule has 0 aliphatic rings. The van der Waals surface area contributed by atoms with Crippen LogP contribution < -0.4 is 0 Å². The van der Waals surface area contributed by atoms with Crippen LogP contribution in [0.5, 0.6) is 0 Å². The highest BCUT2D eigenvalue weighted by Gasteiger charge is 2.27. The normalized spacial score (nSPS) is 14.1. The van der Waals surface area contributed by atoms with Gasteiger partial charge in [-0.3, -0.25) is 4.18 Å². The first-order valence-electron chi connectivity index (χ1n) is 2.65. The maximum atomic E-state index is 10.5. The predicted molar refractivity (Wildman–Crippen MR) is 41.9 cm³/mol.